The Labute approximate surface area is 64.6 Å². The summed E-state index contributed by atoms with van der Waals surface area (Å²) < 4.78 is 0. The molecule has 1 nitrogen and oxygen atoms in total. The third kappa shape index (κ3) is 1.67. The molecule has 10 heavy (non-hydrogen) atoms. The molecule has 0 fully saturated rings. The number of hydrogen-bond donors (Lipinski definition) is 2. The van der Waals surface area contributed by atoms with E-state index in [4.69, 9.17) is 5.73 Å². The second kappa shape index (κ2) is 2.97. The lowest BCUT2D eigenvalue weighted by Gasteiger charge is -2.08. The first-order valence-corrected chi connectivity index (χ1v) is 5.46. The number of nitrogen functional groups attached to an aromatic ring is 1. The van der Waals surface area contributed by atoms with Crippen LogP contribution in [0.15, 0.2) is 29.2 Å². The average Bonchev–Trinajstić information content (AvgIpc) is 1.88. The molecule has 1 aromatic rings. The highest BCUT2D eigenvalue weighted by Gasteiger charge is 1.91. The molecule has 0 amide bonds. The molecule has 0 saturated carbocycles. The maximum Gasteiger partial charge on any atom is 0.0314 e. The van der Waals surface area contributed by atoms with Crippen molar-refractivity contribution >= 4 is 16.6 Å². The van der Waals surface area contributed by atoms with Crippen LogP contribution < -0.4 is 5.73 Å². The Bertz CT molecular complexity index is 203. The minimum absolute atomic E-state index is 0.0365. The van der Waals surface area contributed by atoms with Crippen molar-refractivity contribution in [2.24, 2.45) is 0 Å². The normalized spacial score (nSPS) is 11.2. The monoisotopic (exact) mass is 155 g/mol. The summed E-state index contributed by atoms with van der Waals surface area (Å²) in [5, 5.41) is 0. The van der Waals surface area contributed by atoms with Crippen molar-refractivity contribution in [3.63, 3.8) is 0 Å². The predicted octanol–water partition coefficient (Wildman–Crippen LogP) is 1.89. The Morgan fingerprint density at radius 2 is 1.60 bits per heavy atom. The van der Waals surface area contributed by atoms with E-state index in [9.17, 15) is 0 Å². The van der Waals surface area contributed by atoms with Gasteiger partial charge in [-0.25, -0.2) is 10.9 Å². The maximum absolute atomic E-state index is 5.53. The van der Waals surface area contributed by atoms with Crippen LogP contribution >= 0.6 is 10.9 Å². The zero-order valence-electron chi connectivity index (χ0n) is 6.33. The summed E-state index contributed by atoms with van der Waals surface area (Å²) in [5.41, 5.74) is 6.38. The highest BCUT2D eigenvalue weighted by atomic mass is 32.2. The predicted molar refractivity (Wildman–Crippen MR) is 50.0 cm³/mol. The number of rotatable bonds is 1. The molecular formula is C8H13NS. The van der Waals surface area contributed by atoms with Crippen molar-refractivity contribution in [2.75, 3.05) is 18.2 Å². The first kappa shape index (κ1) is 7.48. The summed E-state index contributed by atoms with van der Waals surface area (Å²) in [4.78, 5) is 1.41. The van der Waals surface area contributed by atoms with Gasteiger partial charge in [0.25, 0.3) is 0 Å². The first-order chi connectivity index (χ1) is 4.70. The van der Waals surface area contributed by atoms with E-state index in [0.29, 0.717) is 0 Å². The lowest BCUT2D eigenvalue weighted by Crippen LogP contribution is -1.83. The average molecular weight is 155 g/mol. The van der Waals surface area contributed by atoms with Crippen LogP contribution in [0.1, 0.15) is 0 Å². The van der Waals surface area contributed by atoms with Crippen LogP contribution in [0, 0.1) is 0 Å². The van der Waals surface area contributed by atoms with Gasteiger partial charge in [0.15, 0.2) is 0 Å². The molecule has 0 aliphatic heterocycles. The van der Waals surface area contributed by atoms with Gasteiger partial charge in [0, 0.05) is 5.69 Å². The van der Waals surface area contributed by atoms with Crippen molar-refractivity contribution in [2.45, 2.75) is 4.90 Å². The van der Waals surface area contributed by atoms with Gasteiger partial charge in [-0.2, -0.15) is 0 Å². The fraction of sp³-hybridized carbons (Fsp3) is 0.250. The molecule has 0 unspecified atom stereocenters. The molecule has 0 aliphatic carbocycles. The van der Waals surface area contributed by atoms with Crippen LogP contribution in [0.4, 0.5) is 5.69 Å². The van der Waals surface area contributed by atoms with Gasteiger partial charge in [-0.15, -0.1) is 0 Å². The molecule has 0 heterocycles. The SMILES string of the molecule is C[SH](C)c1ccc(N)cc1. The van der Waals surface area contributed by atoms with Crippen LogP contribution in [0.2, 0.25) is 0 Å². The lowest BCUT2D eigenvalue weighted by atomic mass is 10.3. The third-order valence-electron chi connectivity index (χ3n) is 1.41. The molecule has 0 bridgehead atoms. The fourth-order valence-corrected chi connectivity index (χ4v) is 1.52. The van der Waals surface area contributed by atoms with Crippen molar-refractivity contribution in [1.82, 2.24) is 0 Å². The Morgan fingerprint density at radius 3 is 2.00 bits per heavy atom. The topological polar surface area (TPSA) is 26.0 Å². The van der Waals surface area contributed by atoms with E-state index in [0.717, 1.165) is 5.69 Å². The Hall–Kier alpha value is -0.630. The van der Waals surface area contributed by atoms with E-state index in [-0.39, 0.29) is 10.9 Å². The van der Waals surface area contributed by atoms with Crippen LogP contribution in [-0.2, 0) is 0 Å². The third-order valence-corrected chi connectivity index (χ3v) is 2.74. The molecule has 56 valence electrons. The molecular weight excluding hydrogens is 142 g/mol. The van der Waals surface area contributed by atoms with Crippen molar-refractivity contribution in [3.05, 3.63) is 24.3 Å². The quantitative estimate of drug-likeness (QED) is 0.470. The maximum atomic E-state index is 5.53. The minimum Gasteiger partial charge on any atom is -0.399 e. The Balaban J connectivity index is 2.89. The number of benzene rings is 1. The van der Waals surface area contributed by atoms with Gasteiger partial charge in [0.05, 0.1) is 0 Å². The van der Waals surface area contributed by atoms with Crippen LogP contribution in [0.25, 0.3) is 0 Å². The summed E-state index contributed by atoms with van der Waals surface area (Å²) >= 11 is 0. The van der Waals surface area contributed by atoms with Crippen molar-refractivity contribution < 1.29 is 0 Å². The van der Waals surface area contributed by atoms with E-state index < -0.39 is 0 Å². The summed E-state index contributed by atoms with van der Waals surface area (Å²) in [5.74, 6) is 0. The lowest BCUT2D eigenvalue weighted by molar-refractivity contribution is 1.46. The van der Waals surface area contributed by atoms with Gasteiger partial charge in [-0.1, -0.05) is 0 Å². The molecule has 2 N–H and O–H groups in total. The van der Waals surface area contributed by atoms with E-state index in [1.54, 1.807) is 0 Å². The standard InChI is InChI=1S/C8H13NS/c1-10(2)8-5-3-7(9)4-6-8/h3-6,10H,9H2,1-2H3. The second-order valence-corrected chi connectivity index (χ2v) is 4.79. The van der Waals surface area contributed by atoms with Gasteiger partial charge in [-0.3, -0.25) is 0 Å². The van der Waals surface area contributed by atoms with Crippen molar-refractivity contribution in [3.8, 4) is 0 Å². The molecule has 0 saturated heterocycles. The van der Waals surface area contributed by atoms with Gasteiger partial charge in [0.1, 0.15) is 0 Å². The number of anilines is 1. The van der Waals surface area contributed by atoms with E-state index in [1.807, 2.05) is 12.1 Å². The molecule has 1 rings (SSSR count). The van der Waals surface area contributed by atoms with Gasteiger partial charge in [-0.05, 0) is 41.7 Å². The summed E-state index contributed by atoms with van der Waals surface area (Å²) in [6, 6.07) is 8.11. The molecule has 0 aliphatic rings. The number of hydrogen-bond acceptors (Lipinski definition) is 1. The highest BCUT2D eigenvalue weighted by Crippen LogP contribution is 2.27. The molecule has 1 aromatic carbocycles. The van der Waals surface area contributed by atoms with Gasteiger partial charge in [0.2, 0.25) is 0 Å². The van der Waals surface area contributed by atoms with Gasteiger partial charge < -0.3 is 5.73 Å². The Kier molecular flexibility index (Phi) is 2.22. The summed E-state index contributed by atoms with van der Waals surface area (Å²) in [7, 11) is 0.0365. The number of nitrogens with two attached hydrogens (primary N) is 1. The largest absolute Gasteiger partial charge is 0.399 e. The summed E-state index contributed by atoms with van der Waals surface area (Å²) in [6.45, 7) is 0. The van der Waals surface area contributed by atoms with Crippen LogP contribution in [0.3, 0.4) is 0 Å². The van der Waals surface area contributed by atoms with E-state index in [2.05, 4.69) is 24.6 Å². The van der Waals surface area contributed by atoms with Crippen molar-refractivity contribution in [1.29, 1.82) is 0 Å². The molecule has 0 spiro atoms. The van der Waals surface area contributed by atoms with Crippen LogP contribution in [-0.4, -0.2) is 12.5 Å². The molecule has 0 radical (unpaired) electrons. The minimum atomic E-state index is 0.0365. The zero-order chi connectivity index (χ0) is 7.56. The van der Waals surface area contributed by atoms with Crippen LogP contribution in [0.5, 0.6) is 0 Å². The van der Waals surface area contributed by atoms with E-state index >= 15 is 0 Å². The highest BCUT2D eigenvalue weighted by molar-refractivity contribution is 8.15. The first-order valence-electron chi connectivity index (χ1n) is 3.23. The zero-order valence-corrected chi connectivity index (χ0v) is 7.23. The molecule has 2 heteroatoms. The Morgan fingerprint density at radius 1 is 1.10 bits per heavy atom. The molecule has 0 aromatic heterocycles. The van der Waals surface area contributed by atoms with Gasteiger partial charge >= 0.3 is 0 Å². The number of thiol groups is 1. The smallest absolute Gasteiger partial charge is 0.0314 e. The molecule has 0 atom stereocenters. The fourth-order valence-electron chi connectivity index (χ4n) is 0.772. The summed E-state index contributed by atoms with van der Waals surface area (Å²) in [6.07, 6.45) is 4.47. The van der Waals surface area contributed by atoms with E-state index in [1.165, 1.54) is 4.90 Å². The second-order valence-electron chi connectivity index (χ2n) is 2.49.